The molecule has 0 saturated carbocycles. The first kappa shape index (κ1) is 59.9. The number of rotatable bonds is 47. The number of hydrogen-bond donors (Lipinski definition) is 6. The van der Waals surface area contributed by atoms with Gasteiger partial charge in [0.05, 0.1) is 25.4 Å². The molecular formula is C54H105NO8. The number of unbranched alkanes of at least 4 members (excludes halogenated alkanes) is 35. The molecule has 7 atom stereocenters. The largest absolute Gasteiger partial charge is 0.394 e. The average Bonchev–Trinajstić information content (AvgIpc) is 3.28. The fraction of sp³-hybridized carbons (Fsp3) is 0.944. The molecule has 9 nitrogen and oxygen atoms in total. The van der Waals surface area contributed by atoms with Gasteiger partial charge in [0, 0.05) is 6.42 Å². The van der Waals surface area contributed by atoms with Crippen LogP contribution < -0.4 is 5.32 Å². The van der Waals surface area contributed by atoms with E-state index >= 15 is 0 Å². The molecule has 6 N–H and O–H groups in total. The van der Waals surface area contributed by atoms with Crippen LogP contribution in [0.2, 0.25) is 0 Å². The first-order valence-electron chi connectivity index (χ1n) is 27.4. The van der Waals surface area contributed by atoms with Crippen LogP contribution in [0.15, 0.2) is 12.2 Å². The maximum atomic E-state index is 13.0. The van der Waals surface area contributed by atoms with E-state index in [9.17, 15) is 30.3 Å². The molecular weight excluding hydrogens is 791 g/mol. The molecule has 0 aromatic carbocycles. The van der Waals surface area contributed by atoms with Crippen molar-refractivity contribution < 1.29 is 39.8 Å². The lowest BCUT2D eigenvalue weighted by Crippen LogP contribution is -2.60. The highest BCUT2D eigenvalue weighted by Crippen LogP contribution is 2.23. The Morgan fingerprint density at radius 2 is 0.889 bits per heavy atom. The second kappa shape index (κ2) is 44.7. The summed E-state index contributed by atoms with van der Waals surface area (Å²) in [5.41, 5.74) is 0. The van der Waals surface area contributed by atoms with E-state index in [2.05, 4.69) is 31.3 Å². The van der Waals surface area contributed by atoms with Crippen molar-refractivity contribution >= 4 is 5.91 Å². The van der Waals surface area contributed by atoms with Crippen LogP contribution in [-0.2, 0) is 14.3 Å². The Morgan fingerprint density at radius 3 is 1.29 bits per heavy atom. The van der Waals surface area contributed by atoms with Crippen LogP contribution >= 0.6 is 0 Å². The Bertz CT molecular complexity index is 997. The summed E-state index contributed by atoms with van der Waals surface area (Å²) < 4.78 is 11.3. The minimum Gasteiger partial charge on any atom is -0.394 e. The minimum absolute atomic E-state index is 0.138. The maximum absolute atomic E-state index is 13.0. The minimum atomic E-state index is -1.55. The molecule has 0 spiro atoms. The van der Waals surface area contributed by atoms with Gasteiger partial charge in [-0.1, -0.05) is 238 Å². The molecule has 9 heteroatoms. The molecule has 1 aliphatic rings. The predicted molar refractivity (Wildman–Crippen MR) is 263 cm³/mol. The van der Waals surface area contributed by atoms with E-state index in [1.807, 2.05) is 0 Å². The van der Waals surface area contributed by atoms with Crippen LogP contribution in [0.25, 0.3) is 0 Å². The van der Waals surface area contributed by atoms with Gasteiger partial charge in [0.1, 0.15) is 24.4 Å². The summed E-state index contributed by atoms with van der Waals surface area (Å²) >= 11 is 0. The lowest BCUT2D eigenvalue weighted by atomic mass is 9.99. The third-order valence-electron chi connectivity index (χ3n) is 13.4. The molecule has 1 saturated heterocycles. The third kappa shape index (κ3) is 34.8. The zero-order valence-electron chi connectivity index (χ0n) is 41.4. The molecule has 0 aromatic rings. The summed E-state index contributed by atoms with van der Waals surface area (Å²) in [7, 11) is 0. The van der Waals surface area contributed by atoms with Gasteiger partial charge in [0.15, 0.2) is 6.29 Å². The van der Waals surface area contributed by atoms with E-state index in [1.165, 1.54) is 193 Å². The van der Waals surface area contributed by atoms with E-state index in [0.29, 0.717) is 12.8 Å². The number of carbonyl (C=O) groups is 1. The van der Waals surface area contributed by atoms with Crippen LogP contribution in [0.1, 0.15) is 271 Å². The number of ether oxygens (including phenoxy) is 2. The SMILES string of the molecule is CCCCCCC/C=C\CCCCCCCC(=O)NC(COC1OC(CO)C(O)C(O)C1O)C(O)CCCCCCCCCCCCCCCCCCCCCCCCCCCC. The first-order chi connectivity index (χ1) is 30.8. The molecule has 0 aromatic heterocycles. The molecule has 0 bridgehead atoms. The summed E-state index contributed by atoms with van der Waals surface area (Å²) in [6.07, 6.45) is 46.7. The van der Waals surface area contributed by atoms with Crippen LogP contribution in [0.3, 0.4) is 0 Å². The van der Waals surface area contributed by atoms with Crippen molar-refractivity contribution in [3.05, 3.63) is 12.2 Å². The number of allylic oxidation sites excluding steroid dienone is 2. The topological polar surface area (TPSA) is 149 Å². The lowest BCUT2D eigenvalue weighted by molar-refractivity contribution is -0.302. The van der Waals surface area contributed by atoms with Gasteiger partial charge in [-0.2, -0.15) is 0 Å². The van der Waals surface area contributed by atoms with Gasteiger partial charge in [-0.25, -0.2) is 0 Å². The first-order valence-corrected chi connectivity index (χ1v) is 27.4. The normalized spacial score (nSPS) is 20.1. The van der Waals surface area contributed by atoms with Crippen molar-refractivity contribution in [2.24, 2.45) is 0 Å². The molecule has 63 heavy (non-hydrogen) atoms. The number of nitrogens with one attached hydrogen (secondary N) is 1. The highest BCUT2D eigenvalue weighted by atomic mass is 16.7. The average molecular weight is 896 g/mol. The molecule has 0 aliphatic carbocycles. The third-order valence-corrected chi connectivity index (χ3v) is 13.4. The Morgan fingerprint density at radius 1 is 0.524 bits per heavy atom. The van der Waals surface area contributed by atoms with Crippen molar-refractivity contribution in [3.8, 4) is 0 Å². The van der Waals surface area contributed by atoms with Gasteiger partial charge in [0.2, 0.25) is 5.91 Å². The Hall–Kier alpha value is -1.07. The van der Waals surface area contributed by atoms with Crippen molar-refractivity contribution in [2.75, 3.05) is 13.2 Å². The smallest absolute Gasteiger partial charge is 0.220 e. The summed E-state index contributed by atoms with van der Waals surface area (Å²) in [5, 5.41) is 54.5. The van der Waals surface area contributed by atoms with Crippen molar-refractivity contribution in [2.45, 2.75) is 314 Å². The highest BCUT2D eigenvalue weighted by molar-refractivity contribution is 5.76. The molecule has 0 radical (unpaired) electrons. The van der Waals surface area contributed by atoms with E-state index in [0.717, 1.165) is 51.4 Å². The van der Waals surface area contributed by atoms with E-state index < -0.39 is 49.5 Å². The lowest BCUT2D eigenvalue weighted by Gasteiger charge is -2.40. The Labute approximate surface area is 388 Å². The van der Waals surface area contributed by atoms with Crippen molar-refractivity contribution in [1.82, 2.24) is 5.32 Å². The summed E-state index contributed by atoms with van der Waals surface area (Å²) in [6.45, 7) is 3.85. The number of carbonyl (C=O) groups excluding carboxylic acids is 1. The molecule has 374 valence electrons. The van der Waals surface area contributed by atoms with Gasteiger partial charge in [-0.15, -0.1) is 0 Å². The molecule has 1 heterocycles. The van der Waals surface area contributed by atoms with E-state index in [1.54, 1.807) is 0 Å². The maximum Gasteiger partial charge on any atom is 0.220 e. The fourth-order valence-corrected chi connectivity index (χ4v) is 8.98. The summed E-state index contributed by atoms with van der Waals surface area (Å²) in [6, 6.07) is -0.720. The monoisotopic (exact) mass is 896 g/mol. The number of amides is 1. The van der Waals surface area contributed by atoms with E-state index in [4.69, 9.17) is 9.47 Å². The van der Waals surface area contributed by atoms with Crippen LogP contribution in [0, 0.1) is 0 Å². The van der Waals surface area contributed by atoms with E-state index in [-0.39, 0.29) is 12.5 Å². The zero-order valence-corrected chi connectivity index (χ0v) is 41.4. The zero-order chi connectivity index (χ0) is 45.9. The molecule has 1 fully saturated rings. The second-order valence-electron chi connectivity index (χ2n) is 19.4. The number of hydrogen-bond acceptors (Lipinski definition) is 8. The standard InChI is InChI=1S/C54H105NO8/c1-3-5-7-9-11-13-15-17-19-20-21-22-23-24-25-26-27-28-29-30-31-33-35-37-39-41-43-48(57)47(46-62-54-53(61)52(60)51(59)49(45-56)63-54)55-50(58)44-42-40-38-36-34-32-18-16-14-12-10-8-6-4-2/h16,18,47-49,51-54,56-57,59-61H,3-15,17,19-46H2,1-2H3,(H,55,58)/b18-16-. The molecule has 1 amide bonds. The predicted octanol–water partition coefficient (Wildman–Crippen LogP) is 12.8. The van der Waals surface area contributed by atoms with Gasteiger partial charge < -0.3 is 40.3 Å². The van der Waals surface area contributed by atoms with Gasteiger partial charge in [0.25, 0.3) is 0 Å². The number of aliphatic hydroxyl groups excluding tert-OH is 5. The fourth-order valence-electron chi connectivity index (χ4n) is 8.98. The molecule has 1 aliphatic heterocycles. The summed E-state index contributed by atoms with van der Waals surface area (Å²) in [4.78, 5) is 13.0. The molecule has 1 rings (SSSR count). The van der Waals surface area contributed by atoms with Crippen LogP contribution in [0.5, 0.6) is 0 Å². The second-order valence-corrected chi connectivity index (χ2v) is 19.4. The van der Waals surface area contributed by atoms with Gasteiger partial charge in [-0.05, 0) is 38.5 Å². The molecule has 7 unspecified atom stereocenters. The summed E-state index contributed by atoms with van der Waals surface area (Å²) in [5.74, 6) is -0.150. The van der Waals surface area contributed by atoms with Crippen molar-refractivity contribution in [3.63, 3.8) is 0 Å². The van der Waals surface area contributed by atoms with Gasteiger partial charge >= 0.3 is 0 Å². The van der Waals surface area contributed by atoms with Crippen LogP contribution in [0.4, 0.5) is 0 Å². The van der Waals surface area contributed by atoms with Crippen molar-refractivity contribution in [1.29, 1.82) is 0 Å². The van der Waals surface area contributed by atoms with Gasteiger partial charge in [-0.3, -0.25) is 4.79 Å². The highest BCUT2D eigenvalue weighted by Gasteiger charge is 2.44. The van der Waals surface area contributed by atoms with Crippen LogP contribution in [-0.4, -0.2) is 87.5 Å². The Balaban J connectivity index is 2.19. The Kier molecular flexibility index (Phi) is 42.6. The number of aliphatic hydroxyl groups is 5. The quantitative estimate of drug-likeness (QED) is 0.0261.